The highest BCUT2D eigenvalue weighted by Gasteiger charge is 2.65. The number of nitro groups is 1. The fourth-order valence-electron chi connectivity index (χ4n) is 10.1. The summed E-state index contributed by atoms with van der Waals surface area (Å²) in [6, 6.07) is 20.8. The fourth-order valence-corrected chi connectivity index (χ4v) is 10.1. The molecule has 7 rings (SSSR count). The number of nitro benzene ring substituents is 1. The zero-order valence-corrected chi connectivity index (χ0v) is 42.0. The minimum Gasteiger partial charge on any atom is -0.497 e. The quantitative estimate of drug-likeness (QED) is 0.0221. The van der Waals surface area contributed by atoms with Crippen molar-refractivity contribution in [1.82, 2.24) is 4.90 Å². The largest absolute Gasteiger partial charge is 0.497 e. The molecule has 6 atom stereocenters. The number of non-ortho nitro benzene ring substituents is 1. The van der Waals surface area contributed by atoms with Gasteiger partial charge in [0.1, 0.15) is 40.5 Å². The lowest BCUT2D eigenvalue weighted by atomic mass is 9.55. The molecule has 388 valence electrons. The Morgan fingerprint density at radius 1 is 0.959 bits per heavy atom. The van der Waals surface area contributed by atoms with Gasteiger partial charge in [0.25, 0.3) is 5.69 Å². The molecule has 1 fully saturated rings. The van der Waals surface area contributed by atoms with E-state index in [4.69, 9.17) is 33.7 Å². The number of hydrogen-bond acceptors (Lipinski definition) is 13. The molecule has 0 spiro atoms. The lowest BCUT2D eigenvalue weighted by molar-refractivity contribution is -0.384. The molecule has 2 amide bonds. The van der Waals surface area contributed by atoms with Gasteiger partial charge in [-0.2, -0.15) is 0 Å². The maximum atomic E-state index is 15.2. The number of amides is 2. The highest BCUT2D eigenvalue weighted by Crippen LogP contribution is 2.62. The van der Waals surface area contributed by atoms with Crippen molar-refractivity contribution in [2.45, 2.75) is 95.6 Å². The first-order valence-corrected chi connectivity index (χ1v) is 24.6. The molecule has 0 unspecified atom stereocenters. The molecule has 4 aromatic rings. The molecule has 1 heterocycles. The summed E-state index contributed by atoms with van der Waals surface area (Å²) in [6.07, 6.45) is 9.96. The molecule has 73 heavy (non-hydrogen) atoms. The molecule has 4 aromatic carbocycles. The van der Waals surface area contributed by atoms with Gasteiger partial charge in [-0.05, 0) is 136 Å². The van der Waals surface area contributed by atoms with E-state index in [0.29, 0.717) is 83.9 Å². The van der Waals surface area contributed by atoms with Gasteiger partial charge in [0.15, 0.2) is 0 Å². The third kappa shape index (κ3) is 12.8. The van der Waals surface area contributed by atoms with Gasteiger partial charge in [-0.25, -0.2) is 9.18 Å². The smallest absolute Gasteiger partial charge is 0.417 e. The number of nitrogens with zero attached hydrogens (tertiary/aromatic N) is 3. The van der Waals surface area contributed by atoms with Gasteiger partial charge >= 0.3 is 6.09 Å². The van der Waals surface area contributed by atoms with Gasteiger partial charge in [-0.15, -0.1) is 6.58 Å². The number of fused-ring (bicyclic) bond motifs is 2. The van der Waals surface area contributed by atoms with Crippen LogP contribution in [0.1, 0.15) is 88.3 Å². The number of anilines is 1. The molecule has 0 aromatic heterocycles. The second-order valence-electron chi connectivity index (χ2n) is 19.3. The third-order valence-electron chi connectivity index (χ3n) is 13.4. The summed E-state index contributed by atoms with van der Waals surface area (Å²) in [5.41, 5.74) is 2.73. The van der Waals surface area contributed by atoms with Crippen molar-refractivity contribution in [3.63, 3.8) is 0 Å². The van der Waals surface area contributed by atoms with Crippen LogP contribution in [0.25, 0.3) is 6.08 Å². The number of oxime groups is 1. The van der Waals surface area contributed by atoms with E-state index in [2.05, 4.69) is 18.0 Å². The number of ether oxygens (including phenoxy) is 5. The predicted molar refractivity (Wildman–Crippen MR) is 274 cm³/mol. The summed E-state index contributed by atoms with van der Waals surface area (Å²) in [6.45, 7) is 9.66. The van der Waals surface area contributed by atoms with Crippen molar-refractivity contribution in [3.8, 4) is 23.0 Å². The van der Waals surface area contributed by atoms with Crippen LogP contribution in [0.5, 0.6) is 23.0 Å². The molecule has 2 aliphatic carbocycles. The molecule has 1 aliphatic heterocycles. The van der Waals surface area contributed by atoms with Gasteiger partial charge in [0.05, 0.1) is 43.1 Å². The monoisotopic (exact) mass is 1000 g/mol. The van der Waals surface area contributed by atoms with E-state index in [1.54, 1.807) is 77.7 Å². The maximum absolute atomic E-state index is 15.2. The number of allylic oxidation sites excluding steroid dienone is 1. The number of benzene rings is 4. The Morgan fingerprint density at radius 3 is 2.33 bits per heavy atom. The average Bonchev–Trinajstić information content (AvgIpc) is 3.37. The Morgan fingerprint density at radius 2 is 1.67 bits per heavy atom. The number of hydrogen-bond donors (Lipinski definition) is 3. The summed E-state index contributed by atoms with van der Waals surface area (Å²) in [5, 5.41) is 39.2. The van der Waals surface area contributed by atoms with E-state index in [1.165, 1.54) is 44.6 Å². The van der Waals surface area contributed by atoms with E-state index in [-0.39, 0.29) is 56.1 Å². The second kappa shape index (κ2) is 24.1. The van der Waals surface area contributed by atoms with Gasteiger partial charge in [0.2, 0.25) is 11.7 Å². The van der Waals surface area contributed by atoms with Gasteiger partial charge in [0, 0.05) is 61.9 Å². The minimum atomic E-state index is -1.66. The van der Waals surface area contributed by atoms with Crippen LogP contribution in [0.4, 0.5) is 20.6 Å². The molecule has 0 radical (unpaired) electrons. The third-order valence-corrected chi connectivity index (χ3v) is 13.4. The van der Waals surface area contributed by atoms with E-state index >= 15 is 4.79 Å². The number of carbonyl (C=O) groups is 2. The van der Waals surface area contributed by atoms with E-state index in [0.717, 1.165) is 5.57 Å². The molecule has 0 saturated heterocycles. The maximum Gasteiger partial charge on any atom is 0.417 e. The zero-order chi connectivity index (χ0) is 52.3. The minimum absolute atomic E-state index is 0.00416. The lowest BCUT2D eigenvalue weighted by Gasteiger charge is -2.60. The molecule has 16 nitrogen and oxygen atoms in total. The van der Waals surface area contributed by atoms with Crippen LogP contribution in [0.15, 0.2) is 120 Å². The Labute approximate surface area is 425 Å². The Bertz CT molecular complexity index is 2680. The topological polar surface area (TPSA) is 201 Å². The second-order valence-corrected chi connectivity index (χ2v) is 19.3. The van der Waals surface area contributed by atoms with Crippen molar-refractivity contribution in [2.24, 2.45) is 22.9 Å². The molecular weight excluding hydrogens is 940 g/mol. The summed E-state index contributed by atoms with van der Waals surface area (Å²) in [4.78, 5) is 47.7. The molecule has 3 aliphatic rings. The normalized spacial score (nSPS) is 21.5. The summed E-state index contributed by atoms with van der Waals surface area (Å²) >= 11 is 0. The van der Waals surface area contributed by atoms with Gasteiger partial charge in [-0.1, -0.05) is 42.3 Å². The van der Waals surface area contributed by atoms with Crippen molar-refractivity contribution in [2.75, 3.05) is 39.4 Å². The molecule has 17 heteroatoms. The first-order valence-electron chi connectivity index (χ1n) is 24.6. The summed E-state index contributed by atoms with van der Waals surface area (Å²) in [5.74, 6) is -2.44. The van der Waals surface area contributed by atoms with E-state index in [1.807, 2.05) is 20.8 Å². The Kier molecular flexibility index (Phi) is 17.7. The molecule has 1 saturated carbocycles. The Hall–Kier alpha value is -7.08. The van der Waals surface area contributed by atoms with Crippen LogP contribution in [0.3, 0.4) is 0 Å². The lowest BCUT2D eigenvalue weighted by Crippen LogP contribution is -2.70. The van der Waals surface area contributed by atoms with Crippen molar-refractivity contribution < 1.29 is 57.6 Å². The van der Waals surface area contributed by atoms with Crippen LogP contribution in [0.2, 0.25) is 0 Å². The number of methoxy groups -OCH3 is 2. The van der Waals surface area contributed by atoms with Crippen LogP contribution in [-0.2, 0) is 20.9 Å². The first-order chi connectivity index (χ1) is 35.1. The van der Waals surface area contributed by atoms with Crippen LogP contribution >= 0.6 is 0 Å². The SMILES string of the molecule is C=CCO[C@@]12Oc3ccc(OC(=O)Nc4ccc(OC)cc4OC)cc3[C@H]3[C@H](CCCCO)[C@@H](CCCCO)C=C(C(=NOC(C)(C)C)C[C@@H]1N(Cc1ccc(F)cc1)C(=O)C=Cc1ccc([N+](=O)[O-])cc1)[C@H]32. The van der Waals surface area contributed by atoms with E-state index in [9.17, 15) is 29.5 Å². The number of nitrogens with one attached hydrogen (secondary N) is 1. The number of rotatable bonds is 22. The zero-order valence-electron chi connectivity index (χ0n) is 42.0. The van der Waals surface area contributed by atoms with Crippen LogP contribution < -0.4 is 24.3 Å². The number of aliphatic hydroxyl groups is 2. The average molecular weight is 1010 g/mol. The van der Waals surface area contributed by atoms with Gasteiger partial charge < -0.3 is 43.6 Å². The predicted octanol–water partition coefficient (Wildman–Crippen LogP) is 10.5. The Balaban J connectivity index is 1.43. The van der Waals surface area contributed by atoms with Gasteiger partial charge in [-0.3, -0.25) is 20.2 Å². The molecule has 3 N–H and O–H groups in total. The fraction of sp³-hybridized carbons (Fsp3) is 0.411. The summed E-state index contributed by atoms with van der Waals surface area (Å²) in [7, 11) is 3.01. The molecular formula is C56H65FN4O12. The van der Waals surface area contributed by atoms with Crippen molar-refractivity contribution in [3.05, 3.63) is 148 Å². The number of halogens is 1. The van der Waals surface area contributed by atoms with Crippen molar-refractivity contribution in [1.29, 1.82) is 0 Å². The van der Waals surface area contributed by atoms with Crippen molar-refractivity contribution >= 4 is 35.2 Å². The number of aliphatic hydroxyl groups excluding tert-OH is 2. The number of unbranched alkanes of at least 4 members (excludes halogenated alkanes) is 2. The van der Waals surface area contributed by atoms with Crippen LogP contribution in [0, 0.1) is 33.7 Å². The first kappa shape index (κ1) is 53.7. The summed E-state index contributed by atoms with van der Waals surface area (Å²) < 4.78 is 45.8. The van der Waals surface area contributed by atoms with Crippen LogP contribution in [-0.4, -0.2) is 89.2 Å². The molecule has 0 bridgehead atoms. The highest BCUT2D eigenvalue weighted by atomic mass is 19.1. The standard InChI is InChI=1S/C56H65FN4O12/c1-7-30-70-56-50(60(35-37-14-19-39(57)20-15-37)51(64)27-18-36-16-21-40(22-17-36)61(66)67)34-47(59-73-55(2,3)4)44-31-38(12-8-10-28-62)43(13-9-11-29-63)52(53(44)56)45-32-42(24-26-48(45)72-56)71-54(65)58-46-25-23-41(68-5)33-49(46)69-6/h7,14-27,31-33,38,43,50,52-53,62-63H,1,8-13,28-30,34-35H2,2-6H3,(H,58,65)/t38-,43+,50-,52+,53+,56+/m0/s1. The highest BCUT2D eigenvalue weighted by molar-refractivity contribution is 6.03. The van der Waals surface area contributed by atoms with E-state index < -0.39 is 52.0 Å². The number of carbonyl (C=O) groups excluding carboxylic acids is 2.